The van der Waals surface area contributed by atoms with E-state index in [0.29, 0.717) is 0 Å². The van der Waals surface area contributed by atoms with Crippen molar-refractivity contribution < 1.29 is 13.2 Å². The third-order valence-electron chi connectivity index (χ3n) is 2.00. The highest BCUT2D eigenvalue weighted by Crippen LogP contribution is 2.27. The molecule has 16 heavy (non-hydrogen) atoms. The molecule has 2 nitrogen and oxygen atoms in total. The topological polar surface area (TPSA) is 25.8 Å². The maximum atomic E-state index is 12.3. The monoisotopic (exact) mass is 252 g/mol. The van der Waals surface area contributed by atoms with Crippen molar-refractivity contribution in [2.75, 3.05) is 0 Å². The van der Waals surface area contributed by atoms with Crippen LogP contribution in [0.5, 0.6) is 0 Å². The van der Waals surface area contributed by atoms with Gasteiger partial charge < -0.3 is 0 Å². The van der Waals surface area contributed by atoms with E-state index in [4.69, 9.17) is 11.6 Å². The lowest BCUT2D eigenvalue weighted by Crippen LogP contribution is -2.13. The Bertz CT molecular complexity index is 341. The molecular formula is C10H12ClF3N2. The second-order valence-electron chi connectivity index (χ2n) is 3.45. The van der Waals surface area contributed by atoms with Crippen molar-refractivity contribution in [3.8, 4) is 0 Å². The minimum absolute atomic E-state index is 0.142. The zero-order valence-corrected chi connectivity index (χ0v) is 9.52. The third kappa shape index (κ3) is 3.96. The van der Waals surface area contributed by atoms with Crippen molar-refractivity contribution in [3.63, 3.8) is 0 Å². The SMILES string of the molecule is CCCC(Cl)Cc1nccc(C(F)(F)F)n1. The Kier molecular flexibility index (Phi) is 4.53. The highest BCUT2D eigenvalue weighted by atomic mass is 35.5. The van der Waals surface area contributed by atoms with E-state index in [1.807, 2.05) is 6.92 Å². The van der Waals surface area contributed by atoms with Crippen molar-refractivity contribution >= 4 is 11.6 Å². The molecule has 1 aromatic heterocycles. The van der Waals surface area contributed by atoms with Crippen molar-refractivity contribution in [1.29, 1.82) is 0 Å². The van der Waals surface area contributed by atoms with Gasteiger partial charge in [-0.25, -0.2) is 9.97 Å². The molecule has 0 aromatic carbocycles. The van der Waals surface area contributed by atoms with Gasteiger partial charge in [0.2, 0.25) is 0 Å². The molecule has 0 bridgehead atoms. The quantitative estimate of drug-likeness (QED) is 0.767. The molecule has 0 aliphatic heterocycles. The van der Waals surface area contributed by atoms with Crippen LogP contribution in [0.25, 0.3) is 0 Å². The predicted molar refractivity (Wildman–Crippen MR) is 55.3 cm³/mol. The number of alkyl halides is 4. The maximum absolute atomic E-state index is 12.3. The maximum Gasteiger partial charge on any atom is 0.433 e. The third-order valence-corrected chi connectivity index (χ3v) is 2.37. The van der Waals surface area contributed by atoms with Crippen LogP contribution in [0.2, 0.25) is 0 Å². The first-order valence-corrected chi connectivity index (χ1v) is 5.40. The zero-order chi connectivity index (χ0) is 12.2. The highest BCUT2D eigenvalue weighted by Gasteiger charge is 2.32. The van der Waals surface area contributed by atoms with Crippen LogP contribution in [0.3, 0.4) is 0 Å². The molecule has 1 heterocycles. The van der Waals surface area contributed by atoms with Crippen LogP contribution in [-0.4, -0.2) is 15.3 Å². The minimum Gasteiger partial charge on any atom is -0.241 e. The van der Waals surface area contributed by atoms with Gasteiger partial charge >= 0.3 is 6.18 Å². The number of aromatic nitrogens is 2. The Morgan fingerprint density at radius 3 is 2.69 bits per heavy atom. The van der Waals surface area contributed by atoms with Crippen LogP contribution in [-0.2, 0) is 12.6 Å². The molecule has 0 aliphatic carbocycles. The molecule has 1 unspecified atom stereocenters. The van der Waals surface area contributed by atoms with E-state index < -0.39 is 11.9 Å². The Labute approximate surface area is 96.9 Å². The van der Waals surface area contributed by atoms with Gasteiger partial charge in [0, 0.05) is 18.0 Å². The molecule has 0 spiro atoms. The van der Waals surface area contributed by atoms with E-state index in [1.165, 1.54) is 0 Å². The molecule has 0 aliphatic rings. The Morgan fingerprint density at radius 1 is 1.44 bits per heavy atom. The molecule has 0 amide bonds. The minimum atomic E-state index is -4.43. The largest absolute Gasteiger partial charge is 0.433 e. The number of halogens is 4. The van der Waals surface area contributed by atoms with Gasteiger partial charge in [0.05, 0.1) is 0 Å². The normalized spacial score (nSPS) is 13.8. The smallest absolute Gasteiger partial charge is 0.241 e. The summed E-state index contributed by atoms with van der Waals surface area (Å²) in [6.07, 6.45) is -1.43. The van der Waals surface area contributed by atoms with E-state index in [-0.39, 0.29) is 17.6 Å². The number of nitrogens with zero attached hydrogens (tertiary/aromatic N) is 2. The molecular weight excluding hydrogens is 241 g/mol. The van der Waals surface area contributed by atoms with E-state index in [2.05, 4.69) is 9.97 Å². The average molecular weight is 253 g/mol. The van der Waals surface area contributed by atoms with Crippen LogP contribution in [0.15, 0.2) is 12.3 Å². The zero-order valence-electron chi connectivity index (χ0n) is 8.76. The summed E-state index contributed by atoms with van der Waals surface area (Å²) in [6.45, 7) is 1.96. The molecule has 0 N–H and O–H groups in total. The second kappa shape index (κ2) is 5.48. The lowest BCUT2D eigenvalue weighted by atomic mass is 10.2. The molecule has 0 saturated heterocycles. The van der Waals surface area contributed by atoms with Gasteiger partial charge in [0.1, 0.15) is 11.5 Å². The van der Waals surface area contributed by atoms with E-state index in [9.17, 15) is 13.2 Å². The van der Waals surface area contributed by atoms with Crippen LogP contribution in [0.4, 0.5) is 13.2 Å². The molecule has 1 rings (SSSR count). The fraction of sp³-hybridized carbons (Fsp3) is 0.600. The van der Waals surface area contributed by atoms with Gasteiger partial charge in [-0.2, -0.15) is 13.2 Å². The first-order chi connectivity index (χ1) is 7.43. The molecule has 1 aromatic rings. The number of rotatable bonds is 4. The highest BCUT2D eigenvalue weighted by molar-refractivity contribution is 6.20. The van der Waals surface area contributed by atoms with Crippen LogP contribution in [0.1, 0.15) is 31.3 Å². The van der Waals surface area contributed by atoms with E-state index >= 15 is 0 Å². The summed E-state index contributed by atoms with van der Waals surface area (Å²) in [5.74, 6) is 0.142. The lowest BCUT2D eigenvalue weighted by molar-refractivity contribution is -0.141. The lowest BCUT2D eigenvalue weighted by Gasteiger charge is -2.09. The average Bonchev–Trinajstić information content (AvgIpc) is 2.17. The van der Waals surface area contributed by atoms with Crippen molar-refractivity contribution in [2.24, 2.45) is 0 Å². The molecule has 0 fully saturated rings. The van der Waals surface area contributed by atoms with Gasteiger partial charge in [-0.3, -0.25) is 0 Å². The molecule has 0 radical (unpaired) electrons. The van der Waals surface area contributed by atoms with Gasteiger partial charge in [-0.15, -0.1) is 11.6 Å². The van der Waals surface area contributed by atoms with Crippen molar-refractivity contribution in [2.45, 2.75) is 37.7 Å². The van der Waals surface area contributed by atoms with Gasteiger partial charge in [0.25, 0.3) is 0 Å². The fourth-order valence-corrected chi connectivity index (χ4v) is 1.62. The van der Waals surface area contributed by atoms with Crippen LogP contribution < -0.4 is 0 Å². The summed E-state index contributed by atoms with van der Waals surface area (Å²) < 4.78 is 37.0. The summed E-state index contributed by atoms with van der Waals surface area (Å²) in [5.41, 5.74) is -0.919. The van der Waals surface area contributed by atoms with Gasteiger partial charge in [-0.05, 0) is 12.5 Å². The Hall–Kier alpha value is -0.840. The van der Waals surface area contributed by atoms with Crippen molar-refractivity contribution in [3.05, 3.63) is 23.8 Å². The molecule has 1 atom stereocenters. The summed E-state index contributed by atoms with van der Waals surface area (Å²) in [6, 6.07) is 0.854. The van der Waals surface area contributed by atoms with Gasteiger partial charge in [0.15, 0.2) is 0 Å². The van der Waals surface area contributed by atoms with Crippen molar-refractivity contribution in [1.82, 2.24) is 9.97 Å². The Morgan fingerprint density at radius 2 is 2.12 bits per heavy atom. The Balaban J connectivity index is 2.75. The summed E-state index contributed by atoms with van der Waals surface area (Å²) in [7, 11) is 0. The van der Waals surface area contributed by atoms with Crippen LogP contribution in [0, 0.1) is 0 Å². The number of hydrogen-bond acceptors (Lipinski definition) is 2. The standard InChI is InChI=1S/C10H12ClF3N2/c1-2-3-7(11)6-9-15-5-4-8(16-9)10(12,13)14/h4-5,7H,2-3,6H2,1H3. The summed E-state index contributed by atoms with van der Waals surface area (Å²) in [4.78, 5) is 7.23. The fourth-order valence-electron chi connectivity index (χ4n) is 1.27. The summed E-state index contributed by atoms with van der Waals surface area (Å²) in [5, 5.41) is -0.214. The first kappa shape index (κ1) is 13.2. The molecule has 90 valence electrons. The van der Waals surface area contributed by atoms with Crippen LogP contribution >= 0.6 is 11.6 Å². The molecule has 0 saturated carbocycles. The van der Waals surface area contributed by atoms with E-state index in [1.54, 1.807) is 0 Å². The number of hydrogen-bond donors (Lipinski definition) is 0. The molecule has 6 heteroatoms. The summed E-state index contributed by atoms with van der Waals surface area (Å²) >= 11 is 5.92. The van der Waals surface area contributed by atoms with E-state index in [0.717, 1.165) is 25.1 Å². The predicted octanol–water partition coefficient (Wildman–Crippen LogP) is 3.45. The second-order valence-corrected chi connectivity index (χ2v) is 4.06. The first-order valence-electron chi connectivity index (χ1n) is 4.96. The van der Waals surface area contributed by atoms with Gasteiger partial charge in [-0.1, -0.05) is 13.3 Å².